The number of rotatable bonds is 6. The third-order valence-corrected chi connectivity index (χ3v) is 7.54. The van der Waals surface area contributed by atoms with Crippen LogP contribution >= 0.6 is 0 Å². The topological polar surface area (TPSA) is 87.3 Å². The van der Waals surface area contributed by atoms with Crippen LogP contribution in [0, 0.1) is 23.2 Å². The molecule has 0 aromatic heterocycles. The van der Waals surface area contributed by atoms with Crippen LogP contribution in [0.1, 0.15) is 25.7 Å². The number of benzene rings is 3. The maximum atomic E-state index is 13.8. The number of fused-ring (bicyclic) bond motifs is 3. The molecule has 6 nitrogen and oxygen atoms in total. The van der Waals surface area contributed by atoms with Gasteiger partial charge in [-0.15, -0.1) is 0 Å². The van der Waals surface area contributed by atoms with Crippen LogP contribution in [-0.4, -0.2) is 17.7 Å². The van der Waals surface area contributed by atoms with Crippen molar-refractivity contribution in [1.29, 1.82) is 0 Å². The van der Waals surface area contributed by atoms with Crippen molar-refractivity contribution in [2.24, 2.45) is 23.2 Å². The number of carbonyl (C=O) groups excluding carboxylic acids is 3. The van der Waals surface area contributed by atoms with Crippen molar-refractivity contribution in [3.63, 3.8) is 0 Å². The van der Waals surface area contributed by atoms with Gasteiger partial charge in [0.15, 0.2) is 0 Å². The largest absolute Gasteiger partial charge is 0.326 e. The third kappa shape index (κ3) is 4.56. The lowest BCUT2D eigenvalue weighted by molar-refractivity contribution is -0.158. The van der Waals surface area contributed by atoms with Gasteiger partial charge in [-0.25, -0.2) is 0 Å². The molecule has 6 rings (SSSR count). The van der Waals surface area contributed by atoms with Gasteiger partial charge < -0.3 is 16.0 Å². The highest BCUT2D eigenvalue weighted by atomic mass is 16.2. The second kappa shape index (κ2) is 9.74. The summed E-state index contributed by atoms with van der Waals surface area (Å²) < 4.78 is 0. The van der Waals surface area contributed by atoms with E-state index < -0.39 is 17.3 Å². The van der Waals surface area contributed by atoms with Crippen molar-refractivity contribution in [2.45, 2.75) is 25.7 Å². The minimum absolute atomic E-state index is 0.0524. The first kappa shape index (κ1) is 22.8. The quantitative estimate of drug-likeness (QED) is 0.458. The minimum Gasteiger partial charge on any atom is -0.326 e. The van der Waals surface area contributed by atoms with Crippen molar-refractivity contribution >= 4 is 34.8 Å². The molecule has 3 N–H and O–H groups in total. The van der Waals surface area contributed by atoms with Gasteiger partial charge >= 0.3 is 0 Å². The second-order valence-electron chi connectivity index (χ2n) is 9.53. The van der Waals surface area contributed by atoms with E-state index >= 15 is 0 Å². The van der Waals surface area contributed by atoms with E-state index in [0.717, 1.165) is 12.8 Å². The van der Waals surface area contributed by atoms with Crippen LogP contribution < -0.4 is 16.0 Å². The van der Waals surface area contributed by atoms with Gasteiger partial charge in [-0.3, -0.25) is 14.4 Å². The predicted molar refractivity (Wildman–Crippen MR) is 137 cm³/mol. The summed E-state index contributed by atoms with van der Waals surface area (Å²) in [4.78, 5) is 41.3. The zero-order valence-corrected chi connectivity index (χ0v) is 19.4. The van der Waals surface area contributed by atoms with Crippen molar-refractivity contribution in [3.05, 3.63) is 91.0 Å². The Bertz CT molecular complexity index is 1190. The molecule has 3 fully saturated rings. The molecule has 3 aliphatic carbocycles. The van der Waals surface area contributed by atoms with Crippen molar-refractivity contribution in [2.75, 3.05) is 16.0 Å². The van der Waals surface area contributed by atoms with Gasteiger partial charge in [0.2, 0.25) is 17.7 Å². The summed E-state index contributed by atoms with van der Waals surface area (Å²) in [6.07, 6.45) is 2.64. The molecular formula is C29H29N3O3. The Morgan fingerprint density at radius 1 is 0.600 bits per heavy atom. The molecule has 0 unspecified atom stereocenters. The van der Waals surface area contributed by atoms with Crippen LogP contribution in [-0.2, 0) is 14.4 Å². The molecule has 0 heterocycles. The van der Waals surface area contributed by atoms with Gasteiger partial charge in [-0.05, 0) is 68.0 Å². The Balaban J connectivity index is 1.49. The first-order valence-corrected chi connectivity index (χ1v) is 12.2. The highest BCUT2D eigenvalue weighted by Gasteiger charge is 2.61. The van der Waals surface area contributed by atoms with Crippen LogP contribution in [0.25, 0.3) is 0 Å². The van der Waals surface area contributed by atoms with Crippen LogP contribution in [0.3, 0.4) is 0 Å². The maximum Gasteiger partial charge on any atom is 0.231 e. The summed E-state index contributed by atoms with van der Waals surface area (Å²) in [7, 11) is 0. The van der Waals surface area contributed by atoms with Crippen LogP contribution in [0.15, 0.2) is 91.0 Å². The average Bonchev–Trinajstić information content (AvgIpc) is 2.90. The summed E-state index contributed by atoms with van der Waals surface area (Å²) in [5, 5.41) is 9.03. The predicted octanol–water partition coefficient (Wildman–Crippen LogP) is 5.33. The number of para-hydroxylation sites is 3. The second-order valence-corrected chi connectivity index (χ2v) is 9.53. The van der Waals surface area contributed by atoms with Crippen molar-refractivity contribution in [1.82, 2.24) is 0 Å². The summed E-state index contributed by atoms with van der Waals surface area (Å²) >= 11 is 0. The normalized spacial score (nSPS) is 24.9. The smallest absolute Gasteiger partial charge is 0.231 e. The first-order valence-electron chi connectivity index (χ1n) is 12.2. The van der Waals surface area contributed by atoms with Crippen LogP contribution in [0.4, 0.5) is 17.1 Å². The van der Waals surface area contributed by atoms with E-state index in [1.54, 1.807) is 0 Å². The monoisotopic (exact) mass is 467 g/mol. The van der Waals surface area contributed by atoms with E-state index in [4.69, 9.17) is 0 Å². The fourth-order valence-corrected chi connectivity index (χ4v) is 5.85. The summed E-state index contributed by atoms with van der Waals surface area (Å²) in [6, 6.07) is 27.7. The lowest BCUT2D eigenvalue weighted by Gasteiger charge is -2.53. The number of hydrogen-bond donors (Lipinski definition) is 3. The van der Waals surface area contributed by atoms with Crippen LogP contribution in [0.2, 0.25) is 0 Å². The van der Waals surface area contributed by atoms with E-state index in [1.807, 2.05) is 91.0 Å². The van der Waals surface area contributed by atoms with Gasteiger partial charge in [0, 0.05) is 17.1 Å². The van der Waals surface area contributed by atoms with Gasteiger partial charge in [-0.1, -0.05) is 54.6 Å². The molecule has 35 heavy (non-hydrogen) atoms. The first-order chi connectivity index (χ1) is 17.1. The molecule has 3 aromatic carbocycles. The molecule has 0 radical (unpaired) electrons. The molecule has 0 spiro atoms. The zero-order chi connectivity index (χ0) is 24.3. The molecule has 2 bridgehead atoms. The number of anilines is 3. The van der Waals surface area contributed by atoms with Crippen molar-refractivity contribution in [3.8, 4) is 0 Å². The summed E-state index contributed by atoms with van der Waals surface area (Å²) in [6.45, 7) is 0. The molecule has 2 atom stereocenters. The molecule has 6 heteroatoms. The van der Waals surface area contributed by atoms with Gasteiger partial charge in [0.05, 0.1) is 17.3 Å². The molecule has 0 aliphatic heterocycles. The van der Waals surface area contributed by atoms with E-state index in [0.29, 0.717) is 29.9 Å². The van der Waals surface area contributed by atoms with E-state index in [-0.39, 0.29) is 23.6 Å². The van der Waals surface area contributed by atoms with E-state index in [1.165, 1.54) is 0 Å². The number of amides is 3. The molecule has 178 valence electrons. The Morgan fingerprint density at radius 2 is 1.03 bits per heavy atom. The van der Waals surface area contributed by atoms with Crippen molar-refractivity contribution < 1.29 is 14.4 Å². The number of carbonyl (C=O) groups is 3. The molecule has 3 aromatic rings. The highest BCUT2D eigenvalue weighted by molar-refractivity contribution is 6.06. The maximum absolute atomic E-state index is 13.8. The molecular weight excluding hydrogens is 438 g/mol. The van der Waals surface area contributed by atoms with Gasteiger partial charge in [0.1, 0.15) is 0 Å². The van der Waals surface area contributed by atoms with Gasteiger partial charge in [-0.2, -0.15) is 0 Å². The Labute approximate surface area is 205 Å². The number of nitrogens with one attached hydrogen (secondary N) is 3. The SMILES string of the molecule is O=C(Nc1ccccc1)[C@@H]1[C@@H](C(=O)Nc2ccccc2)C2CCC1(C(=O)Nc1ccccc1)CC2. The fourth-order valence-electron chi connectivity index (χ4n) is 5.85. The lowest BCUT2D eigenvalue weighted by Crippen LogP contribution is -2.60. The van der Waals surface area contributed by atoms with Crippen LogP contribution in [0.5, 0.6) is 0 Å². The molecule has 3 saturated carbocycles. The third-order valence-electron chi connectivity index (χ3n) is 7.54. The Hall–Kier alpha value is -3.93. The molecule has 3 aliphatic rings. The van der Waals surface area contributed by atoms with E-state index in [2.05, 4.69) is 16.0 Å². The molecule has 0 saturated heterocycles. The zero-order valence-electron chi connectivity index (χ0n) is 19.4. The highest BCUT2D eigenvalue weighted by Crippen LogP contribution is 2.57. The standard InChI is InChI=1S/C29H29N3O3/c33-26(30-21-10-4-1-5-11-21)24-20-16-18-29(19-17-20,28(35)32-23-14-8-3-9-15-23)25(24)27(34)31-22-12-6-2-7-13-22/h1-15,20,24-25H,16-19H2,(H,30,33)(H,31,34)(H,32,35)/t20?,24-,25-,29?/m0/s1. The Kier molecular flexibility index (Phi) is 6.36. The Morgan fingerprint density at radius 3 is 1.51 bits per heavy atom. The average molecular weight is 468 g/mol. The minimum atomic E-state index is -0.956. The molecule has 3 amide bonds. The summed E-state index contributed by atoms with van der Waals surface area (Å²) in [5.41, 5.74) is 1.07. The van der Waals surface area contributed by atoms with E-state index in [9.17, 15) is 14.4 Å². The number of hydrogen-bond acceptors (Lipinski definition) is 3. The van der Waals surface area contributed by atoms with Gasteiger partial charge in [0.25, 0.3) is 0 Å². The fraction of sp³-hybridized carbons (Fsp3) is 0.276. The summed E-state index contributed by atoms with van der Waals surface area (Å²) in [5.74, 6) is -1.99. The lowest BCUT2D eigenvalue weighted by atomic mass is 9.49.